The van der Waals surface area contributed by atoms with E-state index in [1.54, 1.807) is 13.0 Å². The summed E-state index contributed by atoms with van der Waals surface area (Å²) >= 11 is 0.987. The Bertz CT molecular complexity index is 807. The van der Waals surface area contributed by atoms with Gasteiger partial charge in [-0.2, -0.15) is 5.26 Å². The molecule has 1 unspecified atom stereocenters. The molecule has 1 atom stereocenters. The van der Waals surface area contributed by atoms with Gasteiger partial charge < -0.3 is 14.8 Å². The number of carbonyl (C=O) groups is 2. The Labute approximate surface area is 143 Å². The SMILES string of the molecule is COC(=O)c1cc(C#N)c(NC(=O)C(C)Oc2cccc(C)c2)s1. The molecule has 2 aromatic rings. The summed E-state index contributed by atoms with van der Waals surface area (Å²) in [5, 5.41) is 12.0. The molecule has 0 saturated carbocycles. The fourth-order valence-electron chi connectivity index (χ4n) is 1.93. The molecule has 0 aliphatic rings. The molecule has 0 fully saturated rings. The number of ether oxygens (including phenoxy) is 2. The van der Waals surface area contributed by atoms with Crippen molar-refractivity contribution in [1.29, 1.82) is 5.26 Å². The van der Waals surface area contributed by atoms with Crippen LogP contribution in [0, 0.1) is 18.3 Å². The predicted octanol–water partition coefficient (Wildman–Crippen LogP) is 3.12. The molecule has 124 valence electrons. The summed E-state index contributed by atoms with van der Waals surface area (Å²) in [6.07, 6.45) is -0.762. The fraction of sp³-hybridized carbons (Fsp3) is 0.235. The number of nitriles is 1. The number of hydrogen-bond donors (Lipinski definition) is 1. The molecular weight excluding hydrogens is 328 g/mol. The van der Waals surface area contributed by atoms with Crippen LogP contribution in [0.4, 0.5) is 5.00 Å². The smallest absolute Gasteiger partial charge is 0.348 e. The number of anilines is 1. The van der Waals surface area contributed by atoms with Crippen LogP contribution in [0.2, 0.25) is 0 Å². The number of carbonyl (C=O) groups excluding carboxylic acids is 2. The number of nitrogens with one attached hydrogen (secondary N) is 1. The summed E-state index contributed by atoms with van der Waals surface area (Å²) in [6.45, 7) is 3.54. The van der Waals surface area contributed by atoms with Crippen molar-refractivity contribution in [3.8, 4) is 11.8 Å². The summed E-state index contributed by atoms with van der Waals surface area (Å²) in [4.78, 5) is 24.0. The monoisotopic (exact) mass is 344 g/mol. The molecule has 1 aromatic heterocycles. The largest absolute Gasteiger partial charge is 0.481 e. The number of thiophene rings is 1. The van der Waals surface area contributed by atoms with Crippen LogP contribution in [0.5, 0.6) is 5.75 Å². The summed E-state index contributed by atoms with van der Waals surface area (Å²) in [5.41, 5.74) is 1.23. The van der Waals surface area contributed by atoms with Crippen LogP contribution in [0.15, 0.2) is 30.3 Å². The topological polar surface area (TPSA) is 88.4 Å². The number of esters is 1. The maximum Gasteiger partial charge on any atom is 0.348 e. The Morgan fingerprint density at radius 1 is 1.33 bits per heavy atom. The summed E-state index contributed by atoms with van der Waals surface area (Å²) in [6, 6.07) is 10.7. The molecule has 1 heterocycles. The van der Waals surface area contributed by atoms with Crippen LogP contribution in [-0.2, 0) is 9.53 Å². The zero-order valence-electron chi connectivity index (χ0n) is 13.5. The van der Waals surface area contributed by atoms with Crippen molar-refractivity contribution in [2.24, 2.45) is 0 Å². The summed E-state index contributed by atoms with van der Waals surface area (Å²) < 4.78 is 10.2. The first-order valence-corrected chi connectivity index (χ1v) is 7.92. The van der Waals surface area contributed by atoms with Gasteiger partial charge in [-0.05, 0) is 37.6 Å². The van der Waals surface area contributed by atoms with E-state index in [-0.39, 0.29) is 10.4 Å². The average molecular weight is 344 g/mol. The third-order valence-electron chi connectivity index (χ3n) is 3.15. The normalized spacial score (nSPS) is 11.2. The van der Waals surface area contributed by atoms with Gasteiger partial charge in [0.05, 0.1) is 12.7 Å². The molecule has 1 amide bonds. The van der Waals surface area contributed by atoms with E-state index in [0.29, 0.717) is 10.8 Å². The number of amides is 1. The first-order chi connectivity index (χ1) is 11.4. The lowest BCUT2D eigenvalue weighted by Gasteiger charge is -2.14. The Hall–Kier alpha value is -2.85. The molecule has 6 nitrogen and oxygen atoms in total. The maximum atomic E-state index is 12.3. The van der Waals surface area contributed by atoms with Crippen molar-refractivity contribution in [2.45, 2.75) is 20.0 Å². The van der Waals surface area contributed by atoms with Gasteiger partial charge in [-0.3, -0.25) is 4.79 Å². The molecule has 0 aliphatic carbocycles. The number of rotatable bonds is 5. The van der Waals surface area contributed by atoms with Gasteiger partial charge in [-0.25, -0.2) is 4.79 Å². The van der Waals surface area contributed by atoms with Gasteiger partial charge in [-0.1, -0.05) is 12.1 Å². The molecule has 1 aromatic carbocycles. The van der Waals surface area contributed by atoms with E-state index in [2.05, 4.69) is 10.1 Å². The molecule has 0 saturated heterocycles. The van der Waals surface area contributed by atoms with Crippen molar-refractivity contribution in [1.82, 2.24) is 0 Å². The van der Waals surface area contributed by atoms with Crippen LogP contribution < -0.4 is 10.1 Å². The van der Waals surface area contributed by atoms with Crippen LogP contribution in [0.1, 0.15) is 27.7 Å². The van der Waals surface area contributed by atoms with Crippen LogP contribution in [0.25, 0.3) is 0 Å². The molecule has 7 heteroatoms. The Kier molecular flexibility index (Phi) is 5.55. The Morgan fingerprint density at radius 3 is 2.71 bits per heavy atom. The lowest BCUT2D eigenvalue weighted by atomic mass is 10.2. The predicted molar refractivity (Wildman–Crippen MR) is 90.3 cm³/mol. The lowest BCUT2D eigenvalue weighted by molar-refractivity contribution is -0.122. The first kappa shape index (κ1) is 17.5. The van der Waals surface area contributed by atoms with E-state index in [1.165, 1.54) is 13.2 Å². The zero-order chi connectivity index (χ0) is 17.7. The van der Waals surface area contributed by atoms with Gasteiger partial charge in [0.25, 0.3) is 5.91 Å². The molecule has 0 bridgehead atoms. The van der Waals surface area contributed by atoms with Gasteiger partial charge >= 0.3 is 5.97 Å². The molecule has 1 N–H and O–H groups in total. The second-order valence-corrected chi connectivity index (χ2v) is 6.07. The zero-order valence-corrected chi connectivity index (χ0v) is 14.3. The molecule has 0 aliphatic heterocycles. The van der Waals surface area contributed by atoms with Gasteiger partial charge in [0.2, 0.25) is 0 Å². The van der Waals surface area contributed by atoms with Gasteiger partial charge in [0.15, 0.2) is 6.10 Å². The second kappa shape index (κ2) is 7.62. The van der Waals surface area contributed by atoms with Crippen molar-refractivity contribution in [3.63, 3.8) is 0 Å². The number of hydrogen-bond acceptors (Lipinski definition) is 6. The molecule has 24 heavy (non-hydrogen) atoms. The van der Waals surface area contributed by atoms with Gasteiger partial charge in [0.1, 0.15) is 21.7 Å². The van der Waals surface area contributed by atoms with Crippen molar-refractivity contribution in [3.05, 3.63) is 46.3 Å². The summed E-state index contributed by atoms with van der Waals surface area (Å²) in [5.74, 6) is -0.382. The Balaban J connectivity index is 2.10. The Morgan fingerprint density at radius 2 is 2.08 bits per heavy atom. The van der Waals surface area contributed by atoms with Crippen LogP contribution >= 0.6 is 11.3 Å². The van der Waals surface area contributed by atoms with E-state index in [4.69, 9.17) is 10.00 Å². The highest BCUT2D eigenvalue weighted by atomic mass is 32.1. The molecule has 0 spiro atoms. The van der Waals surface area contributed by atoms with E-state index < -0.39 is 18.0 Å². The van der Waals surface area contributed by atoms with Crippen molar-refractivity contribution in [2.75, 3.05) is 12.4 Å². The summed E-state index contributed by atoms with van der Waals surface area (Å²) in [7, 11) is 1.25. The standard InChI is InChI=1S/C17H16N2O4S/c1-10-5-4-6-13(7-10)23-11(2)15(20)19-16-12(9-18)8-14(24-16)17(21)22-3/h4-8,11H,1-3H3,(H,19,20). The third-order valence-corrected chi connectivity index (χ3v) is 4.18. The highest BCUT2D eigenvalue weighted by molar-refractivity contribution is 7.18. The number of aryl methyl sites for hydroxylation is 1. The van der Waals surface area contributed by atoms with E-state index in [1.807, 2.05) is 31.2 Å². The lowest BCUT2D eigenvalue weighted by Crippen LogP contribution is -2.30. The van der Waals surface area contributed by atoms with E-state index in [9.17, 15) is 9.59 Å². The third kappa shape index (κ3) is 4.12. The highest BCUT2D eigenvalue weighted by Crippen LogP contribution is 2.28. The van der Waals surface area contributed by atoms with Crippen molar-refractivity contribution < 1.29 is 19.1 Å². The van der Waals surface area contributed by atoms with Crippen LogP contribution in [0.3, 0.4) is 0 Å². The fourth-order valence-corrected chi connectivity index (χ4v) is 2.86. The molecule has 0 radical (unpaired) electrons. The average Bonchev–Trinajstić information content (AvgIpc) is 2.97. The number of nitrogens with zero attached hydrogens (tertiary/aromatic N) is 1. The molecule has 2 rings (SSSR count). The van der Waals surface area contributed by atoms with E-state index in [0.717, 1.165) is 16.9 Å². The van der Waals surface area contributed by atoms with Gasteiger partial charge in [0, 0.05) is 0 Å². The van der Waals surface area contributed by atoms with Crippen LogP contribution in [-0.4, -0.2) is 25.1 Å². The minimum Gasteiger partial charge on any atom is -0.481 e. The molecular formula is C17H16N2O4S. The minimum absolute atomic E-state index is 0.205. The minimum atomic E-state index is -0.762. The van der Waals surface area contributed by atoms with Gasteiger partial charge in [-0.15, -0.1) is 11.3 Å². The van der Waals surface area contributed by atoms with Crippen molar-refractivity contribution >= 4 is 28.2 Å². The quantitative estimate of drug-likeness (QED) is 0.842. The van der Waals surface area contributed by atoms with E-state index >= 15 is 0 Å². The number of methoxy groups -OCH3 is 1. The highest BCUT2D eigenvalue weighted by Gasteiger charge is 2.20. The first-order valence-electron chi connectivity index (χ1n) is 7.11. The number of benzene rings is 1. The second-order valence-electron chi connectivity index (χ2n) is 5.02. The maximum absolute atomic E-state index is 12.3.